The van der Waals surface area contributed by atoms with E-state index in [9.17, 15) is 19.0 Å². The molecule has 0 spiro atoms. The minimum absolute atomic E-state index is 0.209. The lowest BCUT2D eigenvalue weighted by Crippen LogP contribution is -2.27. The van der Waals surface area contributed by atoms with E-state index < -0.39 is 12.2 Å². The molecule has 2 N–H and O–H groups in total. The number of halogens is 2. The van der Waals surface area contributed by atoms with Crippen LogP contribution in [0.25, 0.3) is 11.1 Å². The highest BCUT2D eigenvalue weighted by Gasteiger charge is 2.38. The van der Waals surface area contributed by atoms with Crippen molar-refractivity contribution in [1.82, 2.24) is 0 Å². The molecule has 0 bridgehead atoms. The predicted octanol–water partition coefficient (Wildman–Crippen LogP) is 7.16. The van der Waals surface area contributed by atoms with Crippen LogP contribution in [0.15, 0.2) is 60.7 Å². The van der Waals surface area contributed by atoms with Gasteiger partial charge in [0, 0.05) is 22.8 Å². The molecular formula is C34H32F2O6. The largest absolute Gasteiger partial charge is 0.504 e. The highest BCUT2D eigenvalue weighted by molar-refractivity contribution is 5.83. The number of phenolic OH excluding ortho intramolecular Hbond substituents is 2. The van der Waals surface area contributed by atoms with Gasteiger partial charge in [-0.05, 0) is 84.8 Å². The molecule has 6 nitrogen and oxygen atoms in total. The number of fused-ring (bicyclic) bond motifs is 2. The monoisotopic (exact) mass is 574 g/mol. The zero-order chi connectivity index (χ0) is 29.7. The maximum atomic E-state index is 13.8. The Morgan fingerprint density at radius 2 is 1.19 bits per heavy atom. The van der Waals surface area contributed by atoms with Crippen molar-refractivity contribution in [1.29, 1.82) is 0 Å². The third-order valence-electron chi connectivity index (χ3n) is 8.13. The quantitative estimate of drug-likeness (QED) is 0.246. The molecular weight excluding hydrogens is 542 g/mol. The molecule has 0 aromatic heterocycles. The molecule has 4 atom stereocenters. The van der Waals surface area contributed by atoms with Gasteiger partial charge >= 0.3 is 0 Å². The van der Waals surface area contributed by atoms with Gasteiger partial charge in [0.1, 0.15) is 35.3 Å². The molecule has 0 saturated heterocycles. The van der Waals surface area contributed by atoms with E-state index in [1.54, 1.807) is 50.6 Å². The fourth-order valence-corrected chi connectivity index (χ4v) is 6.31. The fraction of sp³-hybridized carbons (Fsp3) is 0.294. The van der Waals surface area contributed by atoms with Gasteiger partial charge in [-0.2, -0.15) is 0 Å². The van der Waals surface area contributed by atoms with Crippen LogP contribution in [0, 0.1) is 11.6 Å². The summed E-state index contributed by atoms with van der Waals surface area (Å²) < 4.78 is 52.1. The highest BCUT2D eigenvalue weighted by atomic mass is 19.1. The molecule has 0 amide bonds. The molecule has 0 fully saturated rings. The summed E-state index contributed by atoms with van der Waals surface area (Å²) in [6, 6.07) is 15.5. The van der Waals surface area contributed by atoms with Crippen LogP contribution in [0.2, 0.25) is 0 Å². The summed E-state index contributed by atoms with van der Waals surface area (Å²) in [5.41, 5.74) is 5.77. The van der Waals surface area contributed by atoms with Gasteiger partial charge in [0.15, 0.2) is 11.5 Å². The Bertz CT molecular complexity index is 1630. The standard InChI is InChI=1S/C34H32F2O6/c1-17-13-23-24(15-26(37)32(38)31(23)34(42-17)20-7-11-22(36)12-8-20)29-25-14-18(2)41-33(19-5-9-21(35)10-6-19)30(25)28(40-4)16-27(29)39-3/h5-12,15-18,33-34,37-38H,13-14H2,1-4H3/t17?,18-,33?,34?/m0/s1. The Balaban J connectivity index is 1.64. The molecule has 2 aliphatic heterocycles. The van der Waals surface area contributed by atoms with E-state index in [0.29, 0.717) is 41.0 Å². The first-order valence-electron chi connectivity index (χ1n) is 13.9. The van der Waals surface area contributed by atoms with Crippen molar-refractivity contribution in [3.63, 3.8) is 0 Å². The van der Waals surface area contributed by atoms with Crippen LogP contribution in [0.5, 0.6) is 23.0 Å². The Morgan fingerprint density at radius 1 is 0.690 bits per heavy atom. The normalized spacial score (nSPS) is 21.4. The summed E-state index contributed by atoms with van der Waals surface area (Å²) in [5, 5.41) is 22.3. The Kier molecular flexibility index (Phi) is 7.29. The van der Waals surface area contributed by atoms with E-state index in [1.165, 1.54) is 24.3 Å². The number of ether oxygens (including phenoxy) is 4. The molecule has 0 aliphatic carbocycles. The summed E-state index contributed by atoms with van der Waals surface area (Å²) in [5.74, 6) is -0.228. The van der Waals surface area contributed by atoms with Gasteiger partial charge in [-0.15, -0.1) is 0 Å². The molecule has 218 valence electrons. The van der Waals surface area contributed by atoms with Gasteiger partial charge in [0.2, 0.25) is 0 Å². The lowest BCUT2D eigenvalue weighted by molar-refractivity contribution is 0.00515. The van der Waals surface area contributed by atoms with Crippen molar-refractivity contribution in [2.24, 2.45) is 0 Å². The third-order valence-corrected chi connectivity index (χ3v) is 8.13. The lowest BCUT2D eigenvalue weighted by Gasteiger charge is -2.36. The molecule has 2 heterocycles. The van der Waals surface area contributed by atoms with Crippen LogP contribution < -0.4 is 9.47 Å². The number of hydrogen-bond donors (Lipinski definition) is 2. The highest BCUT2D eigenvalue weighted by Crippen LogP contribution is 2.54. The Labute approximate surface area is 243 Å². The Hall–Kier alpha value is -4.14. The van der Waals surface area contributed by atoms with Gasteiger partial charge in [-0.3, -0.25) is 0 Å². The number of methoxy groups -OCH3 is 2. The molecule has 0 saturated carbocycles. The van der Waals surface area contributed by atoms with Crippen molar-refractivity contribution in [3.05, 3.63) is 106 Å². The first-order valence-corrected chi connectivity index (χ1v) is 13.9. The van der Waals surface area contributed by atoms with Gasteiger partial charge in [0.05, 0.1) is 26.4 Å². The lowest BCUT2D eigenvalue weighted by atomic mass is 9.79. The summed E-state index contributed by atoms with van der Waals surface area (Å²) in [6.45, 7) is 3.91. The molecule has 0 radical (unpaired) electrons. The van der Waals surface area contributed by atoms with E-state index in [0.717, 1.165) is 27.8 Å². The van der Waals surface area contributed by atoms with Gasteiger partial charge < -0.3 is 29.2 Å². The van der Waals surface area contributed by atoms with Crippen LogP contribution >= 0.6 is 0 Å². The smallest absolute Gasteiger partial charge is 0.164 e. The van der Waals surface area contributed by atoms with Crippen molar-refractivity contribution in [2.75, 3.05) is 14.2 Å². The second-order valence-corrected chi connectivity index (χ2v) is 10.9. The zero-order valence-electron chi connectivity index (χ0n) is 23.8. The van der Waals surface area contributed by atoms with Crippen LogP contribution in [0.4, 0.5) is 8.78 Å². The molecule has 6 rings (SSSR count). The zero-order valence-corrected chi connectivity index (χ0v) is 23.8. The average molecular weight is 575 g/mol. The number of benzene rings is 4. The van der Waals surface area contributed by atoms with E-state index in [2.05, 4.69) is 0 Å². The van der Waals surface area contributed by atoms with E-state index >= 15 is 0 Å². The molecule has 3 unspecified atom stereocenters. The topological polar surface area (TPSA) is 77.4 Å². The summed E-state index contributed by atoms with van der Waals surface area (Å²) in [7, 11) is 3.15. The summed E-state index contributed by atoms with van der Waals surface area (Å²) in [6.07, 6.45) is -0.763. The summed E-state index contributed by atoms with van der Waals surface area (Å²) >= 11 is 0. The second kappa shape index (κ2) is 10.9. The number of rotatable bonds is 5. The van der Waals surface area contributed by atoms with Gasteiger partial charge in [-0.1, -0.05) is 24.3 Å². The third kappa shape index (κ3) is 4.74. The van der Waals surface area contributed by atoms with Crippen LogP contribution in [0.3, 0.4) is 0 Å². The summed E-state index contributed by atoms with van der Waals surface area (Å²) in [4.78, 5) is 0. The fourth-order valence-electron chi connectivity index (χ4n) is 6.31. The SMILES string of the molecule is COc1cc(OC)c2c(c1-c1cc(O)c(O)c3c1CC(C)OC3c1ccc(F)cc1)C[C@H](C)OC2c1ccc(F)cc1. The van der Waals surface area contributed by atoms with E-state index in [4.69, 9.17) is 18.9 Å². The van der Waals surface area contributed by atoms with Gasteiger partial charge in [0.25, 0.3) is 0 Å². The van der Waals surface area contributed by atoms with Crippen LogP contribution in [-0.2, 0) is 22.3 Å². The minimum Gasteiger partial charge on any atom is -0.504 e. The minimum atomic E-state index is -0.732. The second-order valence-electron chi connectivity index (χ2n) is 10.9. The Morgan fingerprint density at radius 3 is 1.71 bits per heavy atom. The number of hydrogen-bond acceptors (Lipinski definition) is 6. The van der Waals surface area contributed by atoms with Crippen molar-refractivity contribution >= 4 is 0 Å². The molecule has 42 heavy (non-hydrogen) atoms. The first-order chi connectivity index (χ1) is 20.2. The van der Waals surface area contributed by atoms with E-state index in [-0.39, 0.29) is 35.3 Å². The number of aromatic hydroxyl groups is 2. The van der Waals surface area contributed by atoms with Crippen molar-refractivity contribution < 1.29 is 37.9 Å². The maximum absolute atomic E-state index is 13.8. The first kappa shape index (κ1) is 28.0. The molecule has 8 heteroatoms. The van der Waals surface area contributed by atoms with Crippen molar-refractivity contribution in [2.45, 2.75) is 51.1 Å². The van der Waals surface area contributed by atoms with E-state index in [1.807, 2.05) is 13.8 Å². The average Bonchev–Trinajstić information content (AvgIpc) is 2.98. The molecule has 4 aromatic carbocycles. The molecule has 4 aromatic rings. The predicted molar refractivity (Wildman–Crippen MR) is 153 cm³/mol. The van der Waals surface area contributed by atoms with Crippen molar-refractivity contribution in [3.8, 4) is 34.1 Å². The van der Waals surface area contributed by atoms with Crippen LogP contribution in [0.1, 0.15) is 59.4 Å². The molecule has 2 aliphatic rings. The van der Waals surface area contributed by atoms with Gasteiger partial charge in [-0.25, -0.2) is 8.78 Å². The number of phenols is 2. The van der Waals surface area contributed by atoms with Crippen LogP contribution in [-0.4, -0.2) is 36.6 Å². The maximum Gasteiger partial charge on any atom is 0.164 e.